The molecule has 160 valence electrons. The van der Waals surface area contributed by atoms with Crippen LogP contribution in [0.15, 0.2) is 85.0 Å². The van der Waals surface area contributed by atoms with Gasteiger partial charge in [0.05, 0.1) is 11.3 Å². The van der Waals surface area contributed by atoms with Crippen molar-refractivity contribution in [3.63, 3.8) is 0 Å². The largest absolute Gasteiger partial charge is 0.447 e. The van der Waals surface area contributed by atoms with E-state index in [4.69, 9.17) is 4.74 Å². The van der Waals surface area contributed by atoms with Crippen LogP contribution in [-0.4, -0.2) is 29.2 Å². The van der Waals surface area contributed by atoms with Gasteiger partial charge in [-0.05, 0) is 41.8 Å². The van der Waals surface area contributed by atoms with Crippen molar-refractivity contribution in [1.29, 1.82) is 0 Å². The number of esters is 1. The summed E-state index contributed by atoms with van der Waals surface area (Å²) in [5.41, 5.74) is 0.807. The van der Waals surface area contributed by atoms with Crippen LogP contribution in [0.2, 0.25) is 0 Å². The molecule has 1 aliphatic carbocycles. The molecule has 2 aliphatic rings. The van der Waals surface area contributed by atoms with E-state index in [0.29, 0.717) is 23.2 Å². The second-order valence-electron chi connectivity index (χ2n) is 7.60. The Kier molecular flexibility index (Phi) is 5.69. The summed E-state index contributed by atoms with van der Waals surface area (Å²) in [5, 5.41) is 0. The van der Waals surface area contributed by atoms with E-state index in [9.17, 15) is 19.2 Å². The summed E-state index contributed by atoms with van der Waals surface area (Å²) in [6.07, 6.45) is 8.15. The number of nitrogens with zero attached hydrogens (tertiary/aromatic N) is 1. The van der Waals surface area contributed by atoms with Crippen molar-refractivity contribution in [3.05, 3.63) is 96.1 Å². The minimum atomic E-state index is -1.38. The molecule has 32 heavy (non-hydrogen) atoms. The number of para-hydroxylation sites is 1. The van der Waals surface area contributed by atoms with E-state index in [2.05, 4.69) is 0 Å². The molecule has 2 amide bonds. The molecular weight excluding hydrogens is 406 g/mol. The highest BCUT2D eigenvalue weighted by atomic mass is 16.6. The fraction of sp³-hybridized carbons (Fsp3) is 0.154. The van der Waals surface area contributed by atoms with E-state index in [1.165, 1.54) is 19.1 Å². The molecule has 0 N–H and O–H groups in total. The zero-order valence-corrected chi connectivity index (χ0v) is 17.5. The molecule has 0 saturated carbocycles. The molecule has 1 unspecified atom stereocenters. The maximum atomic E-state index is 13.1. The number of hydrogen-bond donors (Lipinski definition) is 0. The summed E-state index contributed by atoms with van der Waals surface area (Å²) in [7, 11) is 0. The van der Waals surface area contributed by atoms with E-state index >= 15 is 0 Å². The lowest BCUT2D eigenvalue weighted by Gasteiger charge is -2.29. The maximum absolute atomic E-state index is 13.1. The van der Waals surface area contributed by atoms with Gasteiger partial charge in [0.1, 0.15) is 0 Å². The van der Waals surface area contributed by atoms with Crippen LogP contribution < -0.4 is 4.90 Å². The lowest BCUT2D eigenvalue weighted by Crippen LogP contribution is -2.41. The maximum Gasteiger partial charge on any atom is 0.303 e. The van der Waals surface area contributed by atoms with E-state index < -0.39 is 23.4 Å². The number of ether oxygens (including phenoxy) is 1. The highest BCUT2D eigenvalue weighted by molar-refractivity contribution is 6.43. The Hall–Kier alpha value is -4.06. The van der Waals surface area contributed by atoms with Crippen LogP contribution in [0.5, 0.6) is 0 Å². The predicted octanol–water partition coefficient (Wildman–Crippen LogP) is 3.57. The van der Waals surface area contributed by atoms with Crippen molar-refractivity contribution >= 4 is 34.8 Å². The quantitative estimate of drug-likeness (QED) is 0.520. The Balaban J connectivity index is 1.62. The molecule has 2 aromatic rings. The summed E-state index contributed by atoms with van der Waals surface area (Å²) in [6.45, 7) is 1.26. The number of carbonyl (C=O) groups excluding carboxylic acids is 4. The SMILES string of the molecule is CC(=O)OC1(CCc2ccccc2C2=CC(=O)N(c3ccccc3)C2=O)C=CC=CC1=O. The number of hydrogen-bond acceptors (Lipinski definition) is 5. The van der Waals surface area contributed by atoms with Gasteiger partial charge in [-0.3, -0.25) is 19.2 Å². The molecule has 0 saturated heterocycles. The molecule has 1 atom stereocenters. The van der Waals surface area contributed by atoms with Crippen LogP contribution in [0.3, 0.4) is 0 Å². The van der Waals surface area contributed by atoms with Crippen molar-refractivity contribution < 1.29 is 23.9 Å². The zero-order chi connectivity index (χ0) is 22.7. The van der Waals surface area contributed by atoms with Crippen molar-refractivity contribution in [1.82, 2.24) is 0 Å². The lowest BCUT2D eigenvalue weighted by atomic mass is 9.85. The molecule has 0 bridgehead atoms. The Morgan fingerprint density at radius 2 is 1.69 bits per heavy atom. The van der Waals surface area contributed by atoms with Gasteiger partial charge in [-0.15, -0.1) is 0 Å². The van der Waals surface area contributed by atoms with Crippen LogP contribution in [0, 0.1) is 0 Å². The highest BCUT2D eigenvalue weighted by Gasteiger charge is 2.39. The van der Waals surface area contributed by atoms with Crippen LogP contribution in [0.4, 0.5) is 5.69 Å². The number of anilines is 1. The van der Waals surface area contributed by atoms with Gasteiger partial charge >= 0.3 is 5.97 Å². The molecule has 6 heteroatoms. The van der Waals surface area contributed by atoms with Crippen molar-refractivity contribution in [2.75, 3.05) is 4.90 Å². The van der Waals surface area contributed by atoms with E-state index in [0.717, 1.165) is 10.5 Å². The highest BCUT2D eigenvalue weighted by Crippen LogP contribution is 2.32. The third kappa shape index (κ3) is 3.95. The Labute approximate surface area is 185 Å². The molecule has 0 aromatic heterocycles. The van der Waals surface area contributed by atoms with E-state index in [1.54, 1.807) is 54.6 Å². The average Bonchev–Trinajstić information content (AvgIpc) is 3.08. The molecule has 6 nitrogen and oxygen atoms in total. The number of rotatable bonds is 6. The third-order valence-electron chi connectivity index (χ3n) is 5.48. The second kappa shape index (κ2) is 8.59. The van der Waals surface area contributed by atoms with Gasteiger partial charge in [-0.25, -0.2) is 4.90 Å². The molecule has 2 aromatic carbocycles. The minimum absolute atomic E-state index is 0.209. The lowest BCUT2D eigenvalue weighted by molar-refractivity contribution is -0.159. The van der Waals surface area contributed by atoms with Gasteiger partial charge in [-0.2, -0.15) is 0 Å². The standard InChI is InChI=1S/C26H21NO5/c1-18(28)32-26(15-8-7-13-23(26)29)16-14-19-9-5-6-12-21(19)22-17-24(30)27(25(22)31)20-10-3-2-4-11-20/h2-13,15,17H,14,16H2,1H3. The Bertz CT molecular complexity index is 1190. The molecular formula is C26H21NO5. The summed E-state index contributed by atoms with van der Waals surface area (Å²) >= 11 is 0. The first-order valence-electron chi connectivity index (χ1n) is 10.2. The summed E-state index contributed by atoms with van der Waals surface area (Å²) in [4.78, 5) is 51.1. The Morgan fingerprint density at radius 3 is 2.41 bits per heavy atom. The smallest absolute Gasteiger partial charge is 0.303 e. The van der Waals surface area contributed by atoms with Crippen LogP contribution >= 0.6 is 0 Å². The van der Waals surface area contributed by atoms with Gasteiger partial charge in [0.15, 0.2) is 5.60 Å². The van der Waals surface area contributed by atoms with Gasteiger partial charge < -0.3 is 4.74 Å². The molecule has 4 rings (SSSR count). The van der Waals surface area contributed by atoms with Gasteiger partial charge in [-0.1, -0.05) is 54.6 Å². The molecule has 0 spiro atoms. The average molecular weight is 427 g/mol. The van der Waals surface area contributed by atoms with Gasteiger partial charge in [0, 0.05) is 19.4 Å². The van der Waals surface area contributed by atoms with E-state index in [1.807, 2.05) is 18.2 Å². The molecule has 1 heterocycles. The van der Waals surface area contributed by atoms with Gasteiger partial charge in [0.2, 0.25) is 5.78 Å². The number of aryl methyl sites for hydroxylation is 1. The monoisotopic (exact) mass is 427 g/mol. The van der Waals surface area contributed by atoms with Crippen LogP contribution in [-0.2, 0) is 30.3 Å². The topological polar surface area (TPSA) is 80.8 Å². The summed E-state index contributed by atoms with van der Waals surface area (Å²) in [6, 6.07) is 16.0. The van der Waals surface area contributed by atoms with E-state index in [-0.39, 0.29) is 12.2 Å². The van der Waals surface area contributed by atoms with Crippen LogP contribution in [0.25, 0.3) is 5.57 Å². The predicted molar refractivity (Wildman–Crippen MR) is 119 cm³/mol. The first-order chi connectivity index (χ1) is 15.4. The fourth-order valence-electron chi connectivity index (χ4n) is 3.98. The van der Waals surface area contributed by atoms with Crippen LogP contribution in [0.1, 0.15) is 24.5 Å². The first kappa shape index (κ1) is 21.2. The molecule has 0 radical (unpaired) electrons. The molecule has 0 fully saturated rings. The fourth-order valence-corrected chi connectivity index (χ4v) is 3.98. The minimum Gasteiger partial charge on any atom is -0.447 e. The number of ketones is 1. The van der Waals surface area contributed by atoms with Crippen molar-refractivity contribution in [2.24, 2.45) is 0 Å². The third-order valence-corrected chi connectivity index (χ3v) is 5.48. The normalized spacial score (nSPS) is 20.0. The van der Waals surface area contributed by atoms with Crippen molar-refractivity contribution in [3.8, 4) is 0 Å². The Morgan fingerprint density at radius 1 is 0.969 bits per heavy atom. The number of imide groups is 1. The van der Waals surface area contributed by atoms with Crippen molar-refractivity contribution in [2.45, 2.75) is 25.4 Å². The van der Waals surface area contributed by atoms with Gasteiger partial charge in [0.25, 0.3) is 11.8 Å². The first-order valence-corrected chi connectivity index (χ1v) is 10.2. The number of allylic oxidation sites excluding steroid dienone is 2. The number of carbonyl (C=O) groups is 4. The molecule has 1 aliphatic heterocycles. The summed E-state index contributed by atoms with van der Waals surface area (Å²) in [5.74, 6) is -1.67. The zero-order valence-electron chi connectivity index (χ0n) is 17.5. The number of amides is 2. The second-order valence-corrected chi connectivity index (χ2v) is 7.60. The number of benzene rings is 2. The summed E-state index contributed by atoms with van der Waals surface area (Å²) < 4.78 is 5.42.